The molecule has 0 unspecified atom stereocenters. The van der Waals surface area contributed by atoms with Crippen LogP contribution in [0.15, 0.2) is 0 Å². The summed E-state index contributed by atoms with van der Waals surface area (Å²) >= 11 is 1.95. The van der Waals surface area contributed by atoms with Gasteiger partial charge in [-0.1, -0.05) is 32.6 Å². The number of quaternary nitrogens is 1. The second-order valence-electron chi connectivity index (χ2n) is 4.84. The van der Waals surface area contributed by atoms with Crippen molar-refractivity contribution in [3.8, 4) is 0 Å². The maximum Gasteiger partial charge on any atom is 0.125 e. The molecule has 0 aliphatic carbocycles. The van der Waals surface area contributed by atoms with Crippen LogP contribution < -0.4 is 17.0 Å². The smallest absolute Gasteiger partial charge is 0.125 e. The minimum absolute atomic E-state index is 0. The molecule has 0 spiro atoms. The van der Waals surface area contributed by atoms with Crippen molar-refractivity contribution < 1.29 is 21.5 Å². The third-order valence-electron chi connectivity index (χ3n) is 2.60. The molecule has 3 heteroatoms. The minimum Gasteiger partial charge on any atom is -1.00 e. The third-order valence-corrected chi connectivity index (χ3v) is 3.55. The van der Waals surface area contributed by atoms with Gasteiger partial charge in [-0.25, -0.2) is 0 Å². The largest absolute Gasteiger partial charge is 1.00 e. The van der Waals surface area contributed by atoms with Crippen LogP contribution in [0.5, 0.6) is 0 Å². The van der Waals surface area contributed by atoms with Crippen molar-refractivity contribution in [2.24, 2.45) is 0 Å². The summed E-state index contributed by atoms with van der Waals surface area (Å²) in [5.41, 5.74) is 0. The SMILES string of the molecule is CCCCCCCC[N+](C)(C)CSC.[Br-]. The summed E-state index contributed by atoms with van der Waals surface area (Å²) in [7, 11) is 4.67. The van der Waals surface area contributed by atoms with Crippen molar-refractivity contribution in [1.82, 2.24) is 0 Å². The lowest BCUT2D eigenvalue weighted by Gasteiger charge is -2.28. The quantitative estimate of drug-likeness (QED) is 0.344. The van der Waals surface area contributed by atoms with Gasteiger partial charge in [-0.15, -0.1) is 11.8 Å². The summed E-state index contributed by atoms with van der Waals surface area (Å²) in [6.07, 6.45) is 10.7. The van der Waals surface area contributed by atoms with Gasteiger partial charge in [-0.2, -0.15) is 0 Å². The lowest BCUT2D eigenvalue weighted by atomic mass is 10.1. The van der Waals surface area contributed by atoms with Crippen LogP contribution in [0.1, 0.15) is 45.4 Å². The molecule has 0 aliphatic rings. The zero-order chi connectivity index (χ0) is 10.9. The molecule has 0 aromatic rings. The van der Waals surface area contributed by atoms with Gasteiger partial charge in [0.1, 0.15) is 5.88 Å². The molecule has 0 fully saturated rings. The topological polar surface area (TPSA) is 0 Å². The van der Waals surface area contributed by atoms with E-state index in [1.807, 2.05) is 11.8 Å². The van der Waals surface area contributed by atoms with Gasteiger partial charge in [0.15, 0.2) is 0 Å². The molecule has 94 valence electrons. The van der Waals surface area contributed by atoms with E-state index < -0.39 is 0 Å². The van der Waals surface area contributed by atoms with Gasteiger partial charge in [0.2, 0.25) is 0 Å². The number of halogens is 1. The molecule has 0 aromatic heterocycles. The molecule has 15 heavy (non-hydrogen) atoms. The number of hydrogen-bond donors (Lipinski definition) is 0. The zero-order valence-corrected chi connectivity index (χ0v) is 13.3. The van der Waals surface area contributed by atoms with E-state index in [1.54, 1.807) is 0 Å². The van der Waals surface area contributed by atoms with Crippen molar-refractivity contribution in [3.63, 3.8) is 0 Å². The van der Waals surface area contributed by atoms with E-state index in [1.165, 1.54) is 55.4 Å². The first-order valence-corrected chi connectivity index (χ1v) is 7.32. The molecule has 1 nitrogen and oxygen atoms in total. The van der Waals surface area contributed by atoms with Crippen molar-refractivity contribution in [1.29, 1.82) is 0 Å². The van der Waals surface area contributed by atoms with Gasteiger partial charge in [-0.3, -0.25) is 0 Å². The van der Waals surface area contributed by atoms with E-state index in [0.717, 1.165) is 0 Å². The Kier molecular flexibility index (Phi) is 13.7. The van der Waals surface area contributed by atoms with Crippen LogP contribution in [0.25, 0.3) is 0 Å². The van der Waals surface area contributed by atoms with Crippen LogP contribution in [0.3, 0.4) is 0 Å². The molecule has 0 aromatic carbocycles. The summed E-state index contributed by atoms with van der Waals surface area (Å²) < 4.78 is 1.18. The van der Waals surface area contributed by atoms with E-state index >= 15 is 0 Å². The lowest BCUT2D eigenvalue weighted by Crippen LogP contribution is -3.00. The molecule has 0 aliphatic heterocycles. The second kappa shape index (κ2) is 11.3. The van der Waals surface area contributed by atoms with Crippen molar-refractivity contribution in [2.75, 3.05) is 32.8 Å². The maximum atomic E-state index is 2.34. The van der Waals surface area contributed by atoms with E-state index in [0.29, 0.717) is 0 Å². The highest BCUT2D eigenvalue weighted by Gasteiger charge is 2.12. The summed E-state index contributed by atoms with van der Waals surface area (Å²) in [5.74, 6) is 1.25. The van der Waals surface area contributed by atoms with Crippen molar-refractivity contribution in [3.05, 3.63) is 0 Å². The summed E-state index contributed by atoms with van der Waals surface area (Å²) in [5, 5.41) is 0. The van der Waals surface area contributed by atoms with Crippen LogP contribution in [0, 0.1) is 0 Å². The lowest BCUT2D eigenvalue weighted by molar-refractivity contribution is -0.877. The molecule has 0 heterocycles. The fourth-order valence-electron chi connectivity index (χ4n) is 1.73. The fourth-order valence-corrected chi connectivity index (χ4v) is 2.56. The van der Waals surface area contributed by atoms with E-state index in [9.17, 15) is 0 Å². The molecule has 0 saturated carbocycles. The normalized spacial score (nSPS) is 11.2. The molecule has 0 rings (SSSR count). The Morgan fingerprint density at radius 2 is 1.47 bits per heavy atom. The molecule has 0 amide bonds. The van der Waals surface area contributed by atoms with E-state index in [4.69, 9.17) is 0 Å². The Bertz CT molecular complexity index is 129. The van der Waals surface area contributed by atoms with Crippen LogP contribution in [-0.4, -0.2) is 37.3 Å². The van der Waals surface area contributed by atoms with Crippen molar-refractivity contribution in [2.45, 2.75) is 45.4 Å². The van der Waals surface area contributed by atoms with Crippen molar-refractivity contribution >= 4 is 11.8 Å². The predicted octanol–water partition coefficient (Wildman–Crippen LogP) is 0.748. The number of thioether (sulfide) groups is 1. The number of unbranched alkanes of at least 4 members (excludes halogenated alkanes) is 5. The summed E-state index contributed by atoms with van der Waals surface area (Å²) in [4.78, 5) is 0. The average molecular weight is 298 g/mol. The maximum absolute atomic E-state index is 2.34. The Labute approximate surface area is 111 Å². The van der Waals surface area contributed by atoms with Crippen LogP contribution >= 0.6 is 11.8 Å². The monoisotopic (exact) mass is 297 g/mol. The Morgan fingerprint density at radius 1 is 0.933 bits per heavy atom. The van der Waals surface area contributed by atoms with Gasteiger partial charge in [0, 0.05) is 0 Å². The minimum atomic E-state index is 0. The number of nitrogens with zero attached hydrogens (tertiary/aromatic N) is 1. The van der Waals surface area contributed by atoms with Crippen LogP contribution in [-0.2, 0) is 0 Å². The molecule has 0 bridgehead atoms. The van der Waals surface area contributed by atoms with Gasteiger partial charge < -0.3 is 21.5 Å². The van der Waals surface area contributed by atoms with Gasteiger partial charge in [0.25, 0.3) is 0 Å². The molecule has 0 saturated heterocycles. The van der Waals surface area contributed by atoms with Gasteiger partial charge in [-0.05, 0) is 19.1 Å². The summed E-state index contributed by atoms with van der Waals surface area (Å²) in [6, 6.07) is 0. The highest BCUT2D eigenvalue weighted by molar-refractivity contribution is 7.98. The molecular weight excluding hydrogens is 270 g/mol. The summed E-state index contributed by atoms with van der Waals surface area (Å²) in [6.45, 7) is 3.62. The van der Waals surface area contributed by atoms with Crippen LogP contribution in [0.4, 0.5) is 0 Å². The average Bonchev–Trinajstić information content (AvgIpc) is 2.11. The molecular formula is C12H28BrNS. The zero-order valence-electron chi connectivity index (χ0n) is 10.9. The fraction of sp³-hybridized carbons (Fsp3) is 1.00. The Balaban J connectivity index is 0. The van der Waals surface area contributed by atoms with Crippen LogP contribution in [0.2, 0.25) is 0 Å². The first kappa shape index (κ1) is 18.2. The Morgan fingerprint density at radius 3 is 2.00 bits per heavy atom. The second-order valence-corrected chi connectivity index (χ2v) is 5.68. The molecule has 0 radical (unpaired) electrons. The highest BCUT2D eigenvalue weighted by Crippen LogP contribution is 2.10. The highest BCUT2D eigenvalue weighted by atomic mass is 79.9. The van der Waals surface area contributed by atoms with Gasteiger partial charge in [0.05, 0.1) is 20.6 Å². The molecule has 0 N–H and O–H groups in total. The van der Waals surface area contributed by atoms with E-state index in [2.05, 4.69) is 27.3 Å². The predicted molar refractivity (Wildman–Crippen MR) is 68.7 cm³/mol. The Hall–Kier alpha value is 0.790. The standard InChI is InChI=1S/C12H28NS.BrH/c1-5-6-7-8-9-10-11-13(2,3)12-14-4;/h5-12H2,1-4H3;1H/q+1;/p-1. The first-order valence-electron chi connectivity index (χ1n) is 5.93. The number of hydrogen-bond acceptors (Lipinski definition) is 1. The first-order chi connectivity index (χ1) is 6.62. The van der Waals surface area contributed by atoms with Gasteiger partial charge >= 0.3 is 0 Å². The number of rotatable bonds is 9. The third kappa shape index (κ3) is 12.7. The van der Waals surface area contributed by atoms with E-state index in [-0.39, 0.29) is 17.0 Å². The molecule has 0 atom stereocenters.